The summed E-state index contributed by atoms with van der Waals surface area (Å²) >= 11 is 0. The zero-order chi connectivity index (χ0) is 31.6. The van der Waals surface area contributed by atoms with Gasteiger partial charge in [-0.05, 0) is 80.0 Å². The highest BCUT2D eigenvalue weighted by Crippen LogP contribution is 2.17. The summed E-state index contributed by atoms with van der Waals surface area (Å²) < 4.78 is 15.5. The Morgan fingerprint density at radius 1 is 0.756 bits per heavy atom. The maximum Gasteiger partial charge on any atom is 0.408 e. The average molecular weight is 581 g/mol. The number of anilines is 1. The number of hydrogen-bond donors (Lipinski definition) is 4. The van der Waals surface area contributed by atoms with Crippen LogP contribution in [0.25, 0.3) is 0 Å². The Kier molecular flexibility index (Phi) is 12.4. The fraction of sp³-hybridized carbons (Fsp3) is 0.607. The van der Waals surface area contributed by atoms with Crippen molar-refractivity contribution >= 4 is 35.8 Å². The summed E-state index contributed by atoms with van der Waals surface area (Å²) in [5.41, 5.74) is -1.22. The molecule has 0 radical (unpaired) electrons. The molecule has 41 heavy (non-hydrogen) atoms. The van der Waals surface area contributed by atoms with Gasteiger partial charge < -0.3 is 40.2 Å². The normalized spacial score (nSPS) is 12.4. The van der Waals surface area contributed by atoms with Gasteiger partial charge in [0.2, 0.25) is 5.91 Å². The third-order valence-electron chi connectivity index (χ3n) is 4.76. The van der Waals surface area contributed by atoms with Crippen LogP contribution in [0.15, 0.2) is 24.3 Å². The lowest BCUT2D eigenvalue weighted by Gasteiger charge is -2.25. The highest BCUT2D eigenvalue weighted by Gasteiger charge is 2.25. The van der Waals surface area contributed by atoms with Crippen molar-refractivity contribution in [3.63, 3.8) is 0 Å². The van der Waals surface area contributed by atoms with Gasteiger partial charge in [-0.2, -0.15) is 0 Å². The van der Waals surface area contributed by atoms with Crippen molar-refractivity contribution in [3.05, 3.63) is 29.8 Å². The zero-order valence-corrected chi connectivity index (χ0v) is 25.4. The van der Waals surface area contributed by atoms with E-state index in [0.29, 0.717) is 11.3 Å². The van der Waals surface area contributed by atoms with Gasteiger partial charge in [-0.25, -0.2) is 19.2 Å². The van der Waals surface area contributed by atoms with Crippen LogP contribution in [-0.4, -0.2) is 77.7 Å². The SMILES string of the molecule is CC(C)(C)OC(=O)NCCN(C(=O)CNC(=O)OC(C)(C)C)c1ccc(CC(NC(=O)OC(C)(C)C)C(=O)O)cc1. The van der Waals surface area contributed by atoms with E-state index in [1.54, 1.807) is 86.6 Å². The number of benzene rings is 1. The van der Waals surface area contributed by atoms with Gasteiger partial charge in [0.1, 0.15) is 29.4 Å². The summed E-state index contributed by atoms with van der Waals surface area (Å²) in [5, 5.41) is 16.9. The molecular formula is C28H44N4O9. The smallest absolute Gasteiger partial charge is 0.408 e. The molecular weight excluding hydrogens is 536 g/mol. The number of carbonyl (C=O) groups excluding carboxylic acids is 4. The molecule has 0 spiro atoms. The molecule has 0 aliphatic rings. The minimum Gasteiger partial charge on any atom is -0.480 e. The Bertz CT molecular complexity index is 1070. The van der Waals surface area contributed by atoms with Crippen molar-refractivity contribution in [2.24, 2.45) is 0 Å². The zero-order valence-electron chi connectivity index (χ0n) is 25.4. The van der Waals surface area contributed by atoms with Crippen LogP contribution in [0.1, 0.15) is 67.9 Å². The Hall–Kier alpha value is -4.03. The van der Waals surface area contributed by atoms with E-state index in [1.807, 2.05) is 0 Å². The van der Waals surface area contributed by atoms with Crippen molar-refractivity contribution in [1.29, 1.82) is 0 Å². The van der Waals surface area contributed by atoms with Gasteiger partial charge in [0.15, 0.2) is 0 Å². The van der Waals surface area contributed by atoms with E-state index in [-0.39, 0.29) is 26.1 Å². The summed E-state index contributed by atoms with van der Waals surface area (Å²) in [6.07, 6.45) is -2.30. The molecule has 1 rings (SSSR count). The van der Waals surface area contributed by atoms with E-state index in [2.05, 4.69) is 16.0 Å². The van der Waals surface area contributed by atoms with Gasteiger partial charge in [-0.1, -0.05) is 12.1 Å². The number of nitrogens with one attached hydrogen (secondary N) is 3. The van der Waals surface area contributed by atoms with E-state index in [0.717, 1.165) is 0 Å². The fourth-order valence-corrected chi connectivity index (χ4v) is 3.24. The first-order chi connectivity index (χ1) is 18.6. The van der Waals surface area contributed by atoms with Crippen molar-refractivity contribution in [3.8, 4) is 0 Å². The number of aliphatic carboxylic acids is 1. The van der Waals surface area contributed by atoms with Gasteiger partial charge >= 0.3 is 24.2 Å². The summed E-state index contributed by atoms with van der Waals surface area (Å²) in [6, 6.07) is 5.18. The minimum absolute atomic E-state index is 0.0385. The van der Waals surface area contributed by atoms with Crippen molar-refractivity contribution in [2.45, 2.75) is 91.6 Å². The summed E-state index contributed by atoms with van der Waals surface area (Å²) in [7, 11) is 0. The minimum atomic E-state index is -1.25. The number of alkyl carbamates (subject to hydrolysis) is 3. The van der Waals surface area contributed by atoms with Crippen LogP contribution in [0.4, 0.5) is 20.1 Å². The van der Waals surface area contributed by atoms with Crippen LogP contribution in [0.2, 0.25) is 0 Å². The molecule has 0 heterocycles. The van der Waals surface area contributed by atoms with Crippen LogP contribution in [0.5, 0.6) is 0 Å². The highest BCUT2D eigenvalue weighted by molar-refractivity contribution is 5.96. The van der Waals surface area contributed by atoms with Crippen LogP contribution < -0.4 is 20.9 Å². The predicted octanol–water partition coefficient (Wildman–Crippen LogP) is 3.59. The second kappa shape index (κ2) is 14.6. The Morgan fingerprint density at radius 2 is 1.22 bits per heavy atom. The van der Waals surface area contributed by atoms with E-state index >= 15 is 0 Å². The van der Waals surface area contributed by atoms with E-state index in [4.69, 9.17) is 14.2 Å². The Morgan fingerprint density at radius 3 is 1.68 bits per heavy atom. The lowest BCUT2D eigenvalue weighted by Crippen LogP contribution is -2.45. The predicted molar refractivity (Wildman–Crippen MR) is 152 cm³/mol. The first kappa shape index (κ1) is 35.0. The Balaban J connectivity index is 3.01. The lowest BCUT2D eigenvalue weighted by atomic mass is 10.1. The third kappa shape index (κ3) is 15.4. The van der Waals surface area contributed by atoms with Gasteiger partial charge in [-0.3, -0.25) is 4.79 Å². The third-order valence-corrected chi connectivity index (χ3v) is 4.76. The van der Waals surface area contributed by atoms with Crippen molar-refractivity contribution in [1.82, 2.24) is 16.0 Å². The molecule has 4 amide bonds. The van der Waals surface area contributed by atoms with Gasteiger partial charge in [0.05, 0.1) is 0 Å². The van der Waals surface area contributed by atoms with Crippen LogP contribution in [0.3, 0.4) is 0 Å². The molecule has 1 aromatic rings. The molecule has 230 valence electrons. The first-order valence-corrected chi connectivity index (χ1v) is 13.2. The monoisotopic (exact) mass is 580 g/mol. The number of carbonyl (C=O) groups is 5. The summed E-state index contributed by atoms with van der Waals surface area (Å²) in [5.74, 6) is -1.72. The number of carboxylic acids is 1. The van der Waals surface area contributed by atoms with E-state index in [9.17, 15) is 29.1 Å². The summed E-state index contributed by atoms with van der Waals surface area (Å²) in [4.78, 5) is 62.3. The fourth-order valence-electron chi connectivity index (χ4n) is 3.24. The second-order valence-corrected chi connectivity index (χ2v) is 12.2. The van der Waals surface area contributed by atoms with E-state index in [1.165, 1.54) is 4.90 Å². The molecule has 0 aliphatic carbocycles. The van der Waals surface area contributed by atoms with Crippen LogP contribution in [0, 0.1) is 0 Å². The number of rotatable bonds is 10. The molecule has 0 aromatic heterocycles. The van der Waals surface area contributed by atoms with E-state index < -0.39 is 53.0 Å². The molecule has 13 heteroatoms. The average Bonchev–Trinajstić information content (AvgIpc) is 2.77. The first-order valence-electron chi connectivity index (χ1n) is 13.2. The molecule has 1 unspecified atom stereocenters. The molecule has 1 aromatic carbocycles. The molecule has 0 saturated heterocycles. The van der Waals surface area contributed by atoms with Gasteiger partial charge in [0, 0.05) is 25.2 Å². The van der Waals surface area contributed by atoms with Crippen LogP contribution >= 0.6 is 0 Å². The van der Waals surface area contributed by atoms with Gasteiger partial charge in [0.25, 0.3) is 0 Å². The van der Waals surface area contributed by atoms with Gasteiger partial charge in [-0.15, -0.1) is 0 Å². The number of hydrogen-bond acceptors (Lipinski definition) is 8. The highest BCUT2D eigenvalue weighted by atomic mass is 16.6. The molecule has 4 N–H and O–H groups in total. The molecule has 0 aliphatic heterocycles. The molecule has 1 atom stereocenters. The second-order valence-electron chi connectivity index (χ2n) is 12.2. The van der Waals surface area contributed by atoms with Crippen molar-refractivity contribution < 1.29 is 43.3 Å². The number of amides is 4. The number of carboxylic acid groups (broad SMARTS) is 1. The maximum atomic E-state index is 13.1. The largest absolute Gasteiger partial charge is 0.480 e. The number of ether oxygens (including phenoxy) is 3. The maximum absolute atomic E-state index is 13.1. The molecule has 0 bridgehead atoms. The molecule has 13 nitrogen and oxygen atoms in total. The quantitative estimate of drug-likeness (QED) is 0.302. The topological polar surface area (TPSA) is 173 Å². The van der Waals surface area contributed by atoms with Crippen LogP contribution in [-0.2, 0) is 30.2 Å². The standard InChI is InChI=1S/C28H44N4O9/c1-26(2,3)39-23(36)29-14-15-32(21(33)17-30-24(37)40-27(4,5)6)19-12-10-18(11-13-19)16-20(22(34)35)31-25(38)41-28(7,8)9/h10-13,20H,14-17H2,1-9H3,(H,29,36)(H,30,37)(H,31,38)(H,34,35). The molecule has 0 fully saturated rings. The Labute approximate surface area is 241 Å². The molecule has 0 saturated carbocycles. The van der Waals surface area contributed by atoms with Crippen molar-refractivity contribution in [2.75, 3.05) is 24.5 Å². The summed E-state index contributed by atoms with van der Waals surface area (Å²) in [6.45, 7) is 15.0. The number of nitrogens with zero attached hydrogens (tertiary/aromatic N) is 1. The lowest BCUT2D eigenvalue weighted by molar-refractivity contribution is -0.139.